The van der Waals surface area contributed by atoms with E-state index in [1.54, 1.807) is 0 Å². The lowest BCUT2D eigenvalue weighted by Gasteiger charge is -2.17. The summed E-state index contributed by atoms with van der Waals surface area (Å²) in [6.07, 6.45) is 0. The van der Waals surface area contributed by atoms with Gasteiger partial charge < -0.3 is 0 Å². The van der Waals surface area contributed by atoms with E-state index in [1.165, 1.54) is 9.75 Å². The Morgan fingerprint density at radius 3 is 1.75 bits per heavy atom. The van der Waals surface area contributed by atoms with Crippen LogP contribution < -0.4 is 18.6 Å². The van der Waals surface area contributed by atoms with Crippen molar-refractivity contribution in [1.82, 2.24) is 0 Å². The summed E-state index contributed by atoms with van der Waals surface area (Å²) in [6, 6.07) is 2.20. The van der Waals surface area contributed by atoms with Crippen LogP contribution in [0.15, 0.2) is 6.07 Å². The first-order chi connectivity index (χ1) is 5.29. The van der Waals surface area contributed by atoms with Crippen LogP contribution >= 0.6 is 20.7 Å². The van der Waals surface area contributed by atoms with Gasteiger partial charge in [-0.25, -0.2) is 18.6 Å². The van der Waals surface area contributed by atoms with Crippen molar-refractivity contribution < 1.29 is 28.9 Å². The van der Waals surface area contributed by atoms with Crippen molar-refractivity contribution in [1.29, 1.82) is 0 Å². The van der Waals surface area contributed by atoms with Gasteiger partial charge in [-0.2, -0.15) is 0 Å². The summed E-state index contributed by atoms with van der Waals surface area (Å²) in [5.41, 5.74) is 0. The maximum absolute atomic E-state index is 8.49. The zero-order chi connectivity index (χ0) is 9.78. The van der Waals surface area contributed by atoms with E-state index >= 15 is 0 Å². The van der Waals surface area contributed by atoms with Crippen LogP contribution in [0.3, 0.4) is 0 Å². The van der Waals surface area contributed by atoms with E-state index in [0.717, 1.165) is 0 Å². The largest absolute Gasteiger partial charge is 0.294 e. The molecule has 1 rings (SSSR count). The zero-order valence-corrected chi connectivity index (χ0v) is 8.79. The normalized spacial score (nSPS) is 10.5. The fourth-order valence-electron chi connectivity index (χ4n) is 0.466. The van der Waals surface area contributed by atoms with Gasteiger partial charge in [-0.05, 0) is 6.92 Å². The summed E-state index contributed by atoms with van der Waals surface area (Å²) in [4.78, 5) is 2.84. The van der Waals surface area contributed by atoms with Crippen LogP contribution in [0.4, 0.5) is 0 Å². The Balaban J connectivity index is 0.000000217. The van der Waals surface area contributed by atoms with Gasteiger partial charge in [0.25, 0.3) is 10.3 Å². The van der Waals surface area contributed by atoms with Crippen LogP contribution in [0.1, 0.15) is 9.75 Å². The minimum absolute atomic E-state index is 1.42. The monoisotopic (exact) mass is 230 g/mol. The predicted octanol–water partition coefficient (Wildman–Crippen LogP) is -2.05. The third-order valence-electron chi connectivity index (χ3n) is 0.711. The van der Waals surface area contributed by atoms with E-state index in [9.17, 15) is 0 Å². The molecule has 0 spiro atoms. The Bertz CT molecular complexity index is 209. The fraction of sp³-hybridized carbons (Fsp3) is 0.400. The lowest BCUT2D eigenvalue weighted by Crippen LogP contribution is -2.68. The lowest BCUT2D eigenvalue weighted by molar-refractivity contribution is -2.00. The number of halogens is 1. The van der Waals surface area contributed by atoms with Crippen molar-refractivity contribution in [3.05, 3.63) is 15.8 Å². The highest BCUT2D eigenvalue weighted by Gasteiger charge is 2.01. The number of hydrogen-bond donors (Lipinski definition) is 0. The molecule has 0 amide bonds. The van der Waals surface area contributed by atoms with Gasteiger partial charge in [-0.15, -0.1) is 10.2 Å². The van der Waals surface area contributed by atoms with Gasteiger partial charge >= 0.3 is 0 Å². The summed E-state index contributed by atoms with van der Waals surface area (Å²) in [5.74, 6) is 0. The highest BCUT2D eigenvalue weighted by atomic mass is 35.7. The minimum Gasteiger partial charge on any atom is -0.222 e. The van der Waals surface area contributed by atoms with Crippen molar-refractivity contribution in [2.75, 3.05) is 0 Å². The number of hydrogen-bond acceptors (Lipinski definition) is 5. The summed E-state index contributed by atoms with van der Waals surface area (Å²) >= 11 is 0. The Hall–Kier alpha value is 0.180. The van der Waals surface area contributed by atoms with E-state index in [1.807, 2.05) is 20.7 Å². The molecule has 1 aromatic heterocycles. The number of rotatable bonds is 0. The van der Waals surface area contributed by atoms with Crippen molar-refractivity contribution in [3.63, 3.8) is 0 Å². The molecule has 0 atom stereocenters. The molecule has 0 aromatic carbocycles. The van der Waals surface area contributed by atoms with E-state index < -0.39 is 10.2 Å². The highest BCUT2D eigenvalue weighted by Crippen LogP contribution is 2.18. The molecule has 1 heterocycles. The second kappa shape index (κ2) is 5.03. The van der Waals surface area contributed by atoms with E-state index in [-0.39, 0.29) is 0 Å². The molecule has 0 unspecified atom stereocenters. The Morgan fingerprint density at radius 2 is 1.67 bits per heavy atom. The lowest BCUT2D eigenvalue weighted by atomic mass is 10.5. The molecule has 0 saturated carbocycles. The van der Waals surface area contributed by atoms with Crippen LogP contribution in [-0.4, -0.2) is 0 Å². The molecule has 0 saturated heterocycles. The topological polar surface area (TPSA) is 92.2 Å². The number of aryl methyl sites for hydroxylation is 2. The summed E-state index contributed by atoms with van der Waals surface area (Å²) in [7, 11) is -1.25. The maximum Gasteiger partial charge on any atom is 0.294 e. The zero-order valence-electron chi connectivity index (χ0n) is 6.40. The molecular weight excluding hydrogens is 224 g/mol. The molecule has 0 bridgehead atoms. The smallest absolute Gasteiger partial charge is 0.222 e. The second-order valence-electron chi connectivity index (χ2n) is 1.91. The minimum atomic E-state index is -4.94. The third-order valence-corrected chi connectivity index (χ3v) is 3.38. The molecule has 12 heavy (non-hydrogen) atoms. The first kappa shape index (κ1) is 12.2. The molecule has 4 nitrogen and oxygen atoms in total. The first-order valence-corrected chi connectivity index (χ1v) is 6.15. The molecule has 7 heteroatoms. The van der Waals surface area contributed by atoms with Crippen molar-refractivity contribution in [2.24, 2.45) is 0 Å². The third kappa shape index (κ3) is 10.2. The SMILES string of the molecule is Cc1cc(C)[s+]s1.[O-][Cl+3]([O-])([O-])[O-]. The van der Waals surface area contributed by atoms with E-state index in [4.69, 9.17) is 18.6 Å². The maximum atomic E-state index is 8.49. The molecule has 0 N–H and O–H groups in total. The average Bonchev–Trinajstić information content (AvgIpc) is 2.09. The van der Waals surface area contributed by atoms with Crippen LogP contribution in [-0.2, 0) is 0 Å². The van der Waals surface area contributed by atoms with E-state index in [2.05, 4.69) is 19.9 Å². The van der Waals surface area contributed by atoms with Gasteiger partial charge in [0, 0.05) is 13.0 Å². The van der Waals surface area contributed by atoms with Crippen molar-refractivity contribution in [3.8, 4) is 0 Å². The van der Waals surface area contributed by atoms with Crippen LogP contribution in [0.25, 0.3) is 0 Å². The molecule has 0 aliphatic rings. The van der Waals surface area contributed by atoms with Crippen molar-refractivity contribution >= 4 is 20.7 Å². The fourth-order valence-corrected chi connectivity index (χ4v) is 2.33. The standard InChI is InChI=1S/C5H7S2.ClHO4/c1-4-3-5(2)7-6-4;2-1(3,4)5/h3H,1-2H3;(H,2,3,4,5)/q+1;/p-1. The van der Waals surface area contributed by atoms with Gasteiger partial charge in [0.05, 0.1) is 4.88 Å². The highest BCUT2D eigenvalue weighted by molar-refractivity contribution is 7.69. The molecule has 0 aliphatic heterocycles. The Kier molecular flexibility index (Phi) is 5.10. The predicted molar refractivity (Wildman–Crippen MR) is 36.1 cm³/mol. The summed E-state index contributed by atoms with van der Waals surface area (Å²) in [6.45, 7) is 4.27. The Labute approximate surface area is 79.5 Å². The van der Waals surface area contributed by atoms with Crippen LogP contribution in [0, 0.1) is 24.1 Å². The van der Waals surface area contributed by atoms with E-state index in [0.29, 0.717) is 0 Å². The molecule has 0 aliphatic carbocycles. The average molecular weight is 231 g/mol. The summed E-state index contributed by atoms with van der Waals surface area (Å²) < 4.78 is 34.0. The van der Waals surface area contributed by atoms with Gasteiger partial charge in [0.1, 0.15) is 0 Å². The molecule has 70 valence electrons. The molecule has 0 radical (unpaired) electrons. The first-order valence-electron chi connectivity index (χ1n) is 2.77. The van der Waals surface area contributed by atoms with Gasteiger partial charge in [-0.1, -0.05) is 0 Å². The molecule has 0 fully saturated rings. The quantitative estimate of drug-likeness (QED) is 0.379. The van der Waals surface area contributed by atoms with Gasteiger partial charge in [0.2, 0.25) is 4.88 Å². The van der Waals surface area contributed by atoms with Gasteiger partial charge in [-0.3, -0.25) is 0 Å². The molecule has 1 aromatic rings. The summed E-state index contributed by atoms with van der Waals surface area (Å²) in [5, 5.41) is 0. The second-order valence-corrected chi connectivity index (χ2v) is 5.29. The van der Waals surface area contributed by atoms with Gasteiger partial charge in [0.15, 0.2) is 10.3 Å². The van der Waals surface area contributed by atoms with Crippen LogP contribution in [0.2, 0.25) is 0 Å². The Morgan fingerprint density at radius 1 is 1.25 bits per heavy atom. The van der Waals surface area contributed by atoms with Crippen molar-refractivity contribution in [2.45, 2.75) is 13.8 Å². The molecular formula is C5H7ClO4S2. The van der Waals surface area contributed by atoms with Crippen LogP contribution in [0.5, 0.6) is 0 Å².